The van der Waals surface area contributed by atoms with Crippen LogP contribution in [0.1, 0.15) is 13.8 Å². The lowest BCUT2D eigenvalue weighted by Gasteiger charge is -2.35. The standard InChI is InChI=1S/C17H26F2N2O4S/c1-13-10-21(11-14(2)25-13)9-8-20(3)26(22,23)16-6-4-15(5-7-16)24-12-17(18)19/h4-7,13-14,17H,8-12H2,1-3H3/t13-,14+. The highest BCUT2D eigenvalue weighted by molar-refractivity contribution is 7.89. The highest BCUT2D eigenvalue weighted by Gasteiger charge is 2.25. The molecule has 2 atom stereocenters. The maximum Gasteiger partial charge on any atom is 0.272 e. The molecule has 1 saturated heterocycles. The van der Waals surface area contributed by atoms with Gasteiger partial charge in [0.05, 0.1) is 17.1 Å². The largest absolute Gasteiger partial charge is 0.488 e. The number of hydrogen-bond donors (Lipinski definition) is 0. The molecule has 0 amide bonds. The van der Waals surface area contributed by atoms with Crippen LogP contribution in [0.25, 0.3) is 0 Å². The van der Waals surface area contributed by atoms with Gasteiger partial charge in [-0.25, -0.2) is 17.2 Å². The van der Waals surface area contributed by atoms with Crippen LogP contribution in [0.2, 0.25) is 0 Å². The average Bonchev–Trinajstić information content (AvgIpc) is 2.57. The van der Waals surface area contributed by atoms with Gasteiger partial charge in [-0.2, -0.15) is 4.31 Å². The number of sulfonamides is 1. The Labute approximate surface area is 153 Å². The van der Waals surface area contributed by atoms with Gasteiger partial charge in [0.1, 0.15) is 12.4 Å². The molecule has 2 rings (SSSR count). The maximum absolute atomic E-state index is 12.6. The highest BCUT2D eigenvalue weighted by Crippen LogP contribution is 2.19. The number of rotatable bonds is 8. The third kappa shape index (κ3) is 5.87. The van der Waals surface area contributed by atoms with E-state index in [0.717, 1.165) is 13.1 Å². The first-order valence-corrected chi connectivity index (χ1v) is 9.97. The zero-order valence-electron chi connectivity index (χ0n) is 15.3. The third-order valence-electron chi connectivity index (χ3n) is 4.13. The van der Waals surface area contributed by atoms with Crippen molar-refractivity contribution < 1.29 is 26.7 Å². The van der Waals surface area contributed by atoms with E-state index in [0.29, 0.717) is 13.1 Å². The first kappa shape index (κ1) is 21.0. The molecule has 0 unspecified atom stereocenters. The predicted molar refractivity (Wildman–Crippen MR) is 94.2 cm³/mol. The Morgan fingerprint density at radius 1 is 1.23 bits per heavy atom. The zero-order valence-corrected chi connectivity index (χ0v) is 16.1. The Balaban J connectivity index is 1.93. The molecule has 0 aliphatic carbocycles. The molecule has 0 saturated carbocycles. The van der Waals surface area contributed by atoms with E-state index in [1.807, 2.05) is 13.8 Å². The molecule has 0 aromatic heterocycles. The van der Waals surface area contributed by atoms with Crippen molar-refractivity contribution in [3.63, 3.8) is 0 Å². The van der Waals surface area contributed by atoms with E-state index in [9.17, 15) is 17.2 Å². The fourth-order valence-corrected chi connectivity index (χ4v) is 4.08. The summed E-state index contributed by atoms with van der Waals surface area (Å²) in [5.41, 5.74) is 0. The van der Waals surface area contributed by atoms with Gasteiger partial charge in [0.25, 0.3) is 6.43 Å². The van der Waals surface area contributed by atoms with Crippen molar-refractivity contribution in [3.8, 4) is 5.75 Å². The second-order valence-electron chi connectivity index (χ2n) is 6.52. The van der Waals surface area contributed by atoms with Gasteiger partial charge < -0.3 is 9.47 Å². The van der Waals surface area contributed by atoms with Crippen molar-refractivity contribution in [1.82, 2.24) is 9.21 Å². The molecule has 1 aromatic rings. The summed E-state index contributed by atoms with van der Waals surface area (Å²) in [7, 11) is -2.11. The number of alkyl halides is 2. The lowest BCUT2D eigenvalue weighted by molar-refractivity contribution is -0.0681. The topological polar surface area (TPSA) is 59.1 Å². The van der Waals surface area contributed by atoms with E-state index in [1.54, 1.807) is 0 Å². The molecular formula is C17H26F2N2O4S. The van der Waals surface area contributed by atoms with E-state index in [-0.39, 0.29) is 22.9 Å². The fraction of sp³-hybridized carbons (Fsp3) is 0.647. The average molecular weight is 392 g/mol. The lowest BCUT2D eigenvalue weighted by Crippen LogP contribution is -2.48. The maximum atomic E-state index is 12.6. The normalized spacial score (nSPS) is 22.1. The van der Waals surface area contributed by atoms with Crippen LogP contribution < -0.4 is 4.74 Å². The molecular weight excluding hydrogens is 366 g/mol. The Kier molecular flexibility index (Phi) is 7.33. The van der Waals surface area contributed by atoms with E-state index in [2.05, 4.69) is 4.90 Å². The number of likely N-dealkylation sites (N-methyl/N-ethyl adjacent to an activating group) is 1. The van der Waals surface area contributed by atoms with Crippen molar-refractivity contribution in [3.05, 3.63) is 24.3 Å². The first-order chi connectivity index (χ1) is 12.2. The van der Waals surface area contributed by atoms with Crippen LogP contribution in [-0.4, -0.2) is 76.1 Å². The van der Waals surface area contributed by atoms with Gasteiger partial charge in [0, 0.05) is 33.2 Å². The molecule has 26 heavy (non-hydrogen) atoms. The molecule has 0 spiro atoms. The van der Waals surface area contributed by atoms with Crippen molar-refractivity contribution in [1.29, 1.82) is 0 Å². The number of hydrogen-bond acceptors (Lipinski definition) is 5. The summed E-state index contributed by atoms with van der Waals surface area (Å²) < 4.78 is 61.4. The summed E-state index contributed by atoms with van der Waals surface area (Å²) >= 11 is 0. The summed E-state index contributed by atoms with van der Waals surface area (Å²) in [4.78, 5) is 2.29. The van der Waals surface area contributed by atoms with Gasteiger partial charge >= 0.3 is 0 Å². The Morgan fingerprint density at radius 3 is 2.35 bits per heavy atom. The Morgan fingerprint density at radius 2 is 1.81 bits per heavy atom. The molecule has 6 nitrogen and oxygen atoms in total. The van der Waals surface area contributed by atoms with Crippen LogP contribution in [0.15, 0.2) is 29.2 Å². The van der Waals surface area contributed by atoms with Crippen LogP contribution in [0.5, 0.6) is 5.75 Å². The molecule has 0 N–H and O–H groups in total. The number of ether oxygens (including phenoxy) is 2. The number of benzene rings is 1. The minimum atomic E-state index is -3.64. The van der Waals surface area contributed by atoms with Crippen molar-refractivity contribution in [2.24, 2.45) is 0 Å². The molecule has 1 aromatic carbocycles. The lowest BCUT2D eigenvalue weighted by atomic mass is 10.2. The van der Waals surface area contributed by atoms with Gasteiger partial charge in [-0.3, -0.25) is 4.90 Å². The van der Waals surface area contributed by atoms with Crippen molar-refractivity contribution in [2.45, 2.75) is 37.4 Å². The monoisotopic (exact) mass is 392 g/mol. The summed E-state index contributed by atoms with van der Waals surface area (Å²) in [5.74, 6) is 0.211. The van der Waals surface area contributed by atoms with Gasteiger partial charge in [-0.1, -0.05) is 0 Å². The second kappa shape index (κ2) is 9.07. The minimum Gasteiger partial charge on any atom is -0.488 e. The molecule has 0 radical (unpaired) electrons. The van der Waals surface area contributed by atoms with Gasteiger partial charge in [0.15, 0.2) is 0 Å². The van der Waals surface area contributed by atoms with E-state index in [1.165, 1.54) is 35.6 Å². The zero-order chi connectivity index (χ0) is 19.3. The molecule has 9 heteroatoms. The van der Waals surface area contributed by atoms with Crippen LogP contribution in [0.3, 0.4) is 0 Å². The summed E-state index contributed by atoms with van der Waals surface area (Å²) in [6, 6.07) is 5.50. The van der Waals surface area contributed by atoms with Gasteiger partial charge in [-0.15, -0.1) is 0 Å². The molecule has 1 aliphatic rings. The fourth-order valence-electron chi connectivity index (χ4n) is 2.92. The van der Waals surface area contributed by atoms with E-state index in [4.69, 9.17) is 9.47 Å². The Bertz CT molecular complexity index is 660. The van der Waals surface area contributed by atoms with E-state index >= 15 is 0 Å². The molecule has 148 valence electrons. The van der Waals surface area contributed by atoms with E-state index < -0.39 is 23.1 Å². The summed E-state index contributed by atoms with van der Waals surface area (Å²) in [5, 5.41) is 0. The van der Waals surface area contributed by atoms with Crippen LogP contribution in [-0.2, 0) is 14.8 Å². The quantitative estimate of drug-likeness (QED) is 0.678. The summed E-state index contributed by atoms with van der Waals surface area (Å²) in [6.45, 7) is 5.79. The number of nitrogens with zero attached hydrogens (tertiary/aromatic N) is 2. The molecule has 1 heterocycles. The first-order valence-electron chi connectivity index (χ1n) is 8.53. The van der Waals surface area contributed by atoms with Crippen LogP contribution in [0, 0.1) is 0 Å². The predicted octanol–water partition coefficient (Wildman–Crippen LogP) is 2.06. The van der Waals surface area contributed by atoms with Crippen LogP contribution >= 0.6 is 0 Å². The van der Waals surface area contributed by atoms with Crippen LogP contribution in [0.4, 0.5) is 8.78 Å². The summed E-state index contributed by atoms with van der Waals surface area (Å²) in [6.07, 6.45) is -2.32. The molecule has 0 bridgehead atoms. The molecule has 1 aliphatic heterocycles. The molecule has 1 fully saturated rings. The van der Waals surface area contributed by atoms with Crippen molar-refractivity contribution >= 4 is 10.0 Å². The highest BCUT2D eigenvalue weighted by atomic mass is 32.2. The number of halogens is 2. The SMILES string of the molecule is C[C@@H]1CN(CCN(C)S(=O)(=O)c2ccc(OCC(F)F)cc2)C[C@H](C)O1. The Hall–Kier alpha value is -1.29. The number of morpholine rings is 1. The van der Waals surface area contributed by atoms with Gasteiger partial charge in [-0.05, 0) is 38.1 Å². The van der Waals surface area contributed by atoms with Crippen molar-refractivity contribution in [2.75, 3.05) is 39.8 Å². The second-order valence-corrected chi connectivity index (χ2v) is 8.56. The third-order valence-corrected chi connectivity index (χ3v) is 6.01. The van der Waals surface area contributed by atoms with Gasteiger partial charge in [0.2, 0.25) is 10.0 Å². The smallest absolute Gasteiger partial charge is 0.272 e. The minimum absolute atomic E-state index is 0.105.